The van der Waals surface area contributed by atoms with Crippen molar-refractivity contribution in [2.45, 2.75) is 64.5 Å². The lowest BCUT2D eigenvalue weighted by Gasteiger charge is -2.42. The molecular weight excluding hydrogens is 470 g/mol. The third kappa shape index (κ3) is 5.13. The Morgan fingerprint density at radius 2 is 1.78 bits per heavy atom. The smallest absolute Gasteiger partial charge is 0.336 e. The van der Waals surface area contributed by atoms with Crippen molar-refractivity contribution in [3.8, 4) is 16.9 Å². The van der Waals surface area contributed by atoms with Crippen molar-refractivity contribution in [1.82, 2.24) is 4.90 Å². The van der Waals surface area contributed by atoms with Crippen molar-refractivity contribution in [3.63, 3.8) is 0 Å². The van der Waals surface area contributed by atoms with Crippen LogP contribution in [0.1, 0.15) is 51.0 Å². The number of rotatable bonds is 6. The molecule has 1 saturated carbocycles. The van der Waals surface area contributed by atoms with Gasteiger partial charge in [-0.15, -0.1) is 0 Å². The maximum absolute atomic E-state index is 13.6. The summed E-state index contributed by atoms with van der Waals surface area (Å²) in [6, 6.07) is 14.7. The quantitative estimate of drug-likeness (QED) is 0.451. The Bertz CT molecular complexity index is 1370. The normalized spacial score (nSPS) is 21.2. The number of carbonyl (C=O) groups excluding carboxylic acids is 1. The first kappa shape index (κ1) is 25.1. The van der Waals surface area contributed by atoms with Gasteiger partial charge in [0.1, 0.15) is 11.3 Å². The largest absolute Gasteiger partial charge is 0.481 e. The molecule has 194 valence electrons. The molecule has 0 spiro atoms. The van der Waals surface area contributed by atoms with E-state index in [1.54, 1.807) is 24.0 Å². The predicted molar refractivity (Wildman–Crippen MR) is 141 cm³/mol. The second-order valence-corrected chi connectivity index (χ2v) is 10.4. The number of aryl methyl sites for hydroxylation is 1. The van der Waals surface area contributed by atoms with E-state index in [9.17, 15) is 19.5 Å². The van der Waals surface area contributed by atoms with Gasteiger partial charge in [-0.1, -0.05) is 37.1 Å². The molecule has 3 aromatic rings. The average molecular weight is 504 g/mol. The van der Waals surface area contributed by atoms with E-state index in [-0.39, 0.29) is 18.5 Å². The number of fused-ring (bicyclic) bond motifs is 1. The minimum absolute atomic E-state index is 0.0583. The summed E-state index contributed by atoms with van der Waals surface area (Å²) in [6.45, 7) is 3.91. The minimum Gasteiger partial charge on any atom is -0.481 e. The summed E-state index contributed by atoms with van der Waals surface area (Å²) in [5.74, 6) is -0.768. The molecule has 2 aromatic carbocycles. The number of carboxylic acid groups (broad SMARTS) is 1. The van der Waals surface area contributed by atoms with E-state index >= 15 is 0 Å². The average Bonchev–Trinajstić information content (AvgIpc) is 3.42. The van der Waals surface area contributed by atoms with Gasteiger partial charge in [0.05, 0.1) is 5.92 Å². The second kappa shape index (κ2) is 10.4. The van der Waals surface area contributed by atoms with Crippen LogP contribution in [0.2, 0.25) is 0 Å². The Hall–Kier alpha value is -3.61. The summed E-state index contributed by atoms with van der Waals surface area (Å²) in [4.78, 5) is 39.4. The van der Waals surface area contributed by atoms with Crippen molar-refractivity contribution in [2.75, 3.05) is 6.54 Å². The fourth-order valence-electron chi connectivity index (χ4n) is 6.08. The summed E-state index contributed by atoms with van der Waals surface area (Å²) >= 11 is 0. The number of carbonyl (C=O) groups is 2. The number of aliphatic carboxylic acids is 1. The van der Waals surface area contributed by atoms with E-state index in [2.05, 4.69) is 0 Å². The molecule has 1 aromatic heterocycles. The number of hydrogen-bond acceptors (Lipinski definition) is 5. The van der Waals surface area contributed by atoms with Crippen LogP contribution in [0.5, 0.6) is 5.75 Å². The van der Waals surface area contributed by atoms with Gasteiger partial charge in [-0.25, -0.2) is 4.79 Å². The first-order chi connectivity index (χ1) is 17.8. The highest BCUT2D eigenvalue weighted by Crippen LogP contribution is 2.37. The lowest BCUT2D eigenvalue weighted by Crippen LogP contribution is -2.54. The molecule has 1 aliphatic carbocycles. The van der Waals surface area contributed by atoms with Crippen molar-refractivity contribution in [2.24, 2.45) is 11.8 Å². The second-order valence-electron chi connectivity index (χ2n) is 10.4. The van der Waals surface area contributed by atoms with Crippen LogP contribution in [-0.2, 0) is 9.59 Å². The van der Waals surface area contributed by atoms with Crippen LogP contribution in [0.3, 0.4) is 0 Å². The van der Waals surface area contributed by atoms with Crippen LogP contribution in [0, 0.1) is 18.8 Å². The summed E-state index contributed by atoms with van der Waals surface area (Å²) in [5.41, 5.74) is 2.71. The number of carboxylic acids is 1. The zero-order valence-corrected chi connectivity index (χ0v) is 21.3. The standard InChI is InChI=1S/C30H33NO6/c1-18-7-3-6-10-23(18)25-16-28(32)37-27-15-22(12-13-24(25)27)36-19(2)29(33)31-17-21(30(34)35)11-14-26(31)20-8-4-5-9-20/h3,6-7,10,12-13,15-16,19-21,26H,4-5,8-9,11,14,17H2,1-2H3,(H,34,35)/t19?,21-,26?/m1/s1. The van der Waals surface area contributed by atoms with Gasteiger partial charge in [-0.2, -0.15) is 0 Å². The molecular formula is C30H33NO6. The number of amides is 1. The Morgan fingerprint density at radius 3 is 2.51 bits per heavy atom. The summed E-state index contributed by atoms with van der Waals surface area (Å²) < 4.78 is 11.5. The van der Waals surface area contributed by atoms with Gasteiger partial charge < -0.3 is 19.2 Å². The minimum atomic E-state index is -0.856. The number of ether oxygens (including phenoxy) is 1. The molecule has 2 unspecified atom stereocenters. The molecule has 7 nitrogen and oxygen atoms in total. The van der Waals surface area contributed by atoms with E-state index in [0.29, 0.717) is 30.1 Å². The predicted octanol–water partition coefficient (Wildman–Crippen LogP) is 5.42. The zero-order chi connectivity index (χ0) is 26.1. The van der Waals surface area contributed by atoms with Gasteiger partial charge in [-0.05, 0) is 68.7 Å². The van der Waals surface area contributed by atoms with Crippen molar-refractivity contribution >= 4 is 22.8 Å². The van der Waals surface area contributed by atoms with Crippen LogP contribution < -0.4 is 10.4 Å². The number of likely N-dealkylation sites (tertiary alicyclic amines) is 1. The lowest BCUT2D eigenvalue weighted by molar-refractivity contribution is -0.151. The van der Waals surface area contributed by atoms with E-state index < -0.39 is 23.6 Å². The number of benzene rings is 2. The highest BCUT2D eigenvalue weighted by Gasteiger charge is 2.41. The molecule has 1 N–H and O–H groups in total. The maximum Gasteiger partial charge on any atom is 0.336 e. The monoisotopic (exact) mass is 503 g/mol. The Kier molecular flexibility index (Phi) is 7.04. The van der Waals surface area contributed by atoms with Crippen molar-refractivity contribution in [3.05, 3.63) is 64.5 Å². The fraction of sp³-hybridized carbons (Fsp3) is 0.433. The summed E-state index contributed by atoms with van der Waals surface area (Å²) in [5, 5.41) is 10.4. The SMILES string of the molecule is Cc1ccccc1-c1cc(=O)oc2cc(OC(C)C(=O)N3C[C@H](C(=O)O)CCC3C3CCCC3)ccc12. The molecule has 1 aliphatic heterocycles. The van der Waals surface area contributed by atoms with Gasteiger partial charge in [0, 0.05) is 35.7 Å². The summed E-state index contributed by atoms with van der Waals surface area (Å²) in [7, 11) is 0. The third-order valence-corrected chi connectivity index (χ3v) is 8.02. The van der Waals surface area contributed by atoms with Crippen molar-refractivity contribution < 1.29 is 23.8 Å². The van der Waals surface area contributed by atoms with Crippen molar-refractivity contribution in [1.29, 1.82) is 0 Å². The van der Waals surface area contributed by atoms with E-state index in [0.717, 1.165) is 47.8 Å². The van der Waals surface area contributed by atoms with E-state index in [1.165, 1.54) is 6.07 Å². The van der Waals surface area contributed by atoms with Gasteiger partial charge in [0.15, 0.2) is 6.10 Å². The Labute approximate surface area is 216 Å². The Balaban J connectivity index is 1.40. The third-order valence-electron chi connectivity index (χ3n) is 8.02. The molecule has 7 heteroatoms. The molecule has 1 saturated heterocycles. The molecule has 5 rings (SSSR count). The molecule has 1 amide bonds. The number of nitrogens with zero attached hydrogens (tertiary/aromatic N) is 1. The highest BCUT2D eigenvalue weighted by molar-refractivity contribution is 5.94. The highest BCUT2D eigenvalue weighted by atomic mass is 16.5. The summed E-state index contributed by atoms with van der Waals surface area (Å²) in [6.07, 6.45) is 4.98. The maximum atomic E-state index is 13.6. The molecule has 2 aliphatic rings. The van der Waals surface area contributed by atoms with E-state index in [4.69, 9.17) is 9.15 Å². The molecule has 2 fully saturated rings. The first-order valence-electron chi connectivity index (χ1n) is 13.2. The number of hydrogen-bond donors (Lipinski definition) is 1. The topological polar surface area (TPSA) is 97.0 Å². The molecule has 37 heavy (non-hydrogen) atoms. The van der Waals surface area contributed by atoms with Crippen LogP contribution in [0.25, 0.3) is 22.1 Å². The van der Waals surface area contributed by atoms with E-state index in [1.807, 2.05) is 37.3 Å². The zero-order valence-electron chi connectivity index (χ0n) is 21.3. The van der Waals surface area contributed by atoms with Crippen LogP contribution in [0.15, 0.2) is 57.7 Å². The van der Waals surface area contributed by atoms with Crippen LogP contribution in [0.4, 0.5) is 0 Å². The molecule has 3 atom stereocenters. The fourth-order valence-corrected chi connectivity index (χ4v) is 6.08. The van der Waals surface area contributed by atoms with Crippen LogP contribution >= 0.6 is 0 Å². The number of piperidine rings is 1. The van der Waals surface area contributed by atoms with Gasteiger partial charge in [-0.3, -0.25) is 9.59 Å². The Morgan fingerprint density at radius 1 is 1.03 bits per heavy atom. The van der Waals surface area contributed by atoms with Gasteiger partial charge >= 0.3 is 11.6 Å². The molecule has 0 bridgehead atoms. The lowest BCUT2D eigenvalue weighted by atomic mass is 9.84. The molecule has 0 radical (unpaired) electrons. The molecule has 2 heterocycles. The van der Waals surface area contributed by atoms with Gasteiger partial charge in [0.2, 0.25) is 0 Å². The van der Waals surface area contributed by atoms with Crippen LogP contribution in [-0.4, -0.2) is 40.6 Å². The first-order valence-corrected chi connectivity index (χ1v) is 13.2. The van der Waals surface area contributed by atoms with Gasteiger partial charge in [0.25, 0.3) is 5.91 Å².